The van der Waals surface area contributed by atoms with Crippen LogP contribution in [0.3, 0.4) is 0 Å². The van der Waals surface area contributed by atoms with E-state index < -0.39 is 148 Å². The van der Waals surface area contributed by atoms with Crippen molar-refractivity contribution in [2.75, 3.05) is 20.8 Å². The summed E-state index contributed by atoms with van der Waals surface area (Å²) in [5.74, 6) is -10.5. The Bertz CT molecular complexity index is 1810. The molecule has 5 fully saturated rings. The lowest BCUT2D eigenvalue weighted by Crippen LogP contribution is -2.84. The largest absolute Gasteiger partial charge is 0.467 e. The molecule has 0 aromatic rings. The zero-order chi connectivity index (χ0) is 43.7. The van der Waals surface area contributed by atoms with E-state index in [1.54, 1.807) is 13.8 Å². The Labute approximate surface area is 335 Å². The number of ether oxygens (including phenoxy) is 8. The first-order chi connectivity index (χ1) is 26.9. The van der Waals surface area contributed by atoms with Crippen LogP contribution in [-0.4, -0.2) is 126 Å². The summed E-state index contributed by atoms with van der Waals surface area (Å²) in [6.07, 6.45) is -7.57. The van der Waals surface area contributed by atoms with Crippen molar-refractivity contribution in [2.45, 2.75) is 129 Å². The minimum absolute atomic E-state index is 0.0281. The molecule has 1 aliphatic heterocycles. The average molecular weight is 823 g/mol. The number of Topliss-reactive ketones (excluding diaryl/α,β-unsaturated/α-hetero) is 1. The van der Waals surface area contributed by atoms with Crippen LogP contribution in [0.4, 0.5) is 0 Å². The monoisotopic (exact) mass is 822 g/mol. The van der Waals surface area contributed by atoms with Gasteiger partial charge in [0.2, 0.25) is 5.60 Å². The number of esters is 7. The number of allylic oxidation sites excluding steroid dienone is 1. The summed E-state index contributed by atoms with van der Waals surface area (Å²) in [4.78, 5) is 106. The molecule has 4 saturated carbocycles. The predicted octanol–water partition coefficient (Wildman–Crippen LogP) is 1.08. The summed E-state index contributed by atoms with van der Waals surface area (Å²) in [6.45, 7) is 10.8. The van der Waals surface area contributed by atoms with Crippen LogP contribution >= 0.6 is 0 Å². The second-order valence-corrected chi connectivity index (χ2v) is 17.0. The third-order valence-corrected chi connectivity index (χ3v) is 14.3. The van der Waals surface area contributed by atoms with Crippen LogP contribution in [-0.2, 0) is 76.3 Å². The zero-order valence-electron chi connectivity index (χ0n) is 34.6. The van der Waals surface area contributed by atoms with Crippen LogP contribution in [0.5, 0.6) is 0 Å². The van der Waals surface area contributed by atoms with E-state index in [1.165, 1.54) is 19.9 Å². The Kier molecular flexibility index (Phi) is 11.6. The maximum atomic E-state index is 13.9. The second-order valence-electron chi connectivity index (χ2n) is 17.0. The Morgan fingerprint density at radius 3 is 1.88 bits per heavy atom. The van der Waals surface area contributed by atoms with E-state index >= 15 is 0 Å². The fraction of sp³-hybridized carbons (Fsp3) is 0.750. The lowest BCUT2D eigenvalue weighted by Gasteiger charge is -2.74. The van der Waals surface area contributed by atoms with E-state index in [4.69, 9.17) is 37.9 Å². The smallest absolute Gasteiger partial charge is 0.342 e. The van der Waals surface area contributed by atoms with Crippen molar-refractivity contribution in [3.8, 4) is 0 Å². The van der Waals surface area contributed by atoms with Crippen LogP contribution in [0, 0.1) is 39.4 Å². The van der Waals surface area contributed by atoms with Crippen LogP contribution in [0.2, 0.25) is 0 Å². The fourth-order valence-electron chi connectivity index (χ4n) is 12.3. The molecule has 0 amide bonds. The molecule has 58 heavy (non-hydrogen) atoms. The molecule has 2 N–H and O–H groups in total. The Morgan fingerprint density at radius 2 is 1.38 bits per heavy atom. The van der Waals surface area contributed by atoms with Crippen molar-refractivity contribution in [1.29, 1.82) is 0 Å². The van der Waals surface area contributed by atoms with E-state index in [1.807, 2.05) is 0 Å². The quantitative estimate of drug-likeness (QED) is 0.135. The molecule has 5 rings (SSSR count). The number of fused-ring (bicyclic) bond motifs is 7. The van der Waals surface area contributed by atoms with Crippen LogP contribution in [0.1, 0.15) is 81.6 Å². The Hall–Kier alpha value is -4.42. The normalized spacial score (nSPS) is 42.8. The average Bonchev–Trinajstić information content (AvgIpc) is 3.89. The summed E-state index contributed by atoms with van der Waals surface area (Å²) < 4.78 is 46.2. The van der Waals surface area contributed by atoms with Crippen molar-refractivity contribution >= 4 is 47.6 Å². The summed E-state index contributed by atoms with van der Waals surface area (Å²) in [5.41, 5.74) is -11.6. The highest BCUT2D eigenvalue weighted by Crippen LogP contribution is 2.78. The number of epoxide rings is 1. The van der Waals surface area contributed by atoms with Crippen molar-refractivity contribution in [3.05, 3.63) is 12.2 Å². The summed E-state index contributed by atoms with van der Waals surface area (Å²) in [6, 6.07) is 0. The van der Waals surface area contributed by atoms with Gasteiger partial charge in [-0.1, -0.05) is 19.9 Å². The SMILES string of the molecule is COC(=O)/C=C/[C@H]1[C@]2(C)CC[C@@H]3[C@](C)([C@H](OC(C)=O)[C@H](OC(C)=O)[C@@]4(C)[C@]5(C(=O)OC)OC5C(=O)C[C@@]34O)[C@H]2[C@H](OC(C)=O)[C@H](OC(C)=O)[C@]1(CO)C(C)OC(C)=O. The summed E-state index contributed by atoms with van der Waals surface area (Å²) >= 11 is 0. The third-order valence-electron chi connectivity index (χ3n) is 14.3. The van der Waals surface area contributed by atoms with E-state index in [2.05, 4.69) is 0 Å². The van der Waals surface area contributed by atoms with Gasteiger partial charge >= 0.3 is 41.8 Å². The summed E-state index contributed by atoms with van der Waals surface area (Å²) in [7, 11) is 2.20. The highest BCUT2D eigenvalue weighted by Gasteiger charge is 2.92. The van der Waals surface area contributed by atoms with Gasteiger partial charge < -0.3 is 48.1 Å². The molecule has 0 spiro atoms. The first kappa shape index (κ1) is 44.7. The number of hydrogen-bond donors (Lipinski definition) is 2. The molecule has 5 aliphatic rings. The van der Waals surface area contributed by atoms with Crippen molar-refractivity contribution in [2.24, 2.45) is 39.4 Å². The zero-order valence-corrected chi connectivity index (χ0v) is 34.6. The highest BCUT2D eigenvalue weighted by atomic mass is 16.7. The molecule has 4 aliphatic carbocycles. The molecule has 1 saturated heterocycles. The predicted molar refractivity (Wildman–Crippen MR) is 192 cm³/mol. The standard InChI is InChI=1S/C40H54O18/c1-18(53-19(2)42)38(17-41)25(12-13-27(48)51-10)35(7)15-14-26-36(8,29(35)28(54-20(3)43)31(38)55-21(4)44)32(56-22(5)45)33(57-23(6)46)37(9)39(26,50)16-24(47)30-40(37,58-30)34(49)52-11/h12-13,18,25-26,28-33,41,50H,14-17H2,1-11H3/b13-12+/t18?,25-,26+,28-,29-,30?,31-,32+,33-,35-,36-,37+,38+,39+,40-/m0/s1. The lowest BCUT2D eigenvalue weighted by molar-refractivity contribution is -0.357. The molecule has 18 heteroatoms. The van der Waals surface area contributed by atoms with E-state index in [9.17, 15) is 48.6 Å². The van der Waals surface area contributed by atoms with Gasteiger partial charge in [0.05, 0.1) is 37.3 Å². The minimum Gasteiger partial charge on any atom is -0.467 e. The highest BCUT2D eigenvalue weighted by molar-refractivity contribution is 6.01. The molecule has 0 aromatic carbocycles. The van der Waals surface area contributed by atoms with Gasteiger partial charge in [-0.2, -0.15) is 0 Å². The van der Waals surface area contributed by atoms with Gasteiger partial charge in [0, 0.05) is 58.4 Å². The molecule has 2 unspecified atom stereocenters. The molecule has 1 heterocycles. The van der Waals surface area contributed by atoms with Gasteiger partial charge in [-0.25, -0.2) is 9.59 Å². The molecular formula is C40H54O18. The Balaban J connectivity index is 1.95. The third kappa shape index (κ3) is 6.06. The molecule has 0 bridgehead atoms. The van der Waals surface area contributed by atoms with Crippen molar-refractivity contribution in [1.82, 2.24) is 0 Å². The van der Waals surface area contributed by atoms with Crippen LogP contribution < -0.4 is 0 Å². The number of aliphatic hydroxyl groups is 2. The minimum atomic E-state index is -2.32. The van der Waals surface area contributed by atoms with Crippen molar-refractivity contribution < 1.29 is 86.5 Å². The molecule has 15 atom stereocenters. The number of rotatable bonds is 10. The van der Waals surface area contributed by atoms with Gasteiger partial charge in [0.1, 0.15) is 18.3 Å². The molecule has 0 aromatic heterocycles. The number of methoxy groups -OCH3 is 2. The van der Waals surface area contributed by atoms with Gasteiger partial charge in [-0.3, -0.25) is 28.8 Å². The van der Waals surface area contributed by atoms with Gasteiger partial charge in [0.15, 0.2) is 24.1 Å². The van der Waals surface area contributed by atoms with Gasteiger partial charge in [0.25, 0.3) is 0 Å². The maximum Gasteiger partial charge on any atom is 0.342 e. The van der Waals surface area contributed by atoms with E-state index in [0.29, 0.717) is 0 Å². The number of ketones is 1. The Morgan fingerprint density at radius 1 is 0.828 bits per heavy atom. The molecule has 18 nitrogen and oxygen atoms in total. The first-order valence-corrected chi connectivity index (χ1v) is 19.1. The topological polar surface area (TPSA) is 254 Å². The van der Waals surface area contributed by atoms with Gasteiger partial charge in [-0.05, 0) is 43.9 Å². The number of carbonyl (C=O) groups excluding carboxylic acids is 8. The van der Waals surface area contributed by atoms with Crippen LogP contribution in [0.15, 0.2) is 12.2 Å². The van der Waals surface area contributed by atoms with Crippen molar-refractivity contribution in [3.63, 3.8) is 0 Å². The van der Waals surface area contributed by atoms with Crippen LogP contribution in [0.25, 0.3) is 0 Å². The first-order valence-electron chi connectivity index (χ1n) is 19.1. The van der Waals surface area contributed by atoms with E-state index in [0.717, 1.165) is 54.9 Å². The maximum absolute atomic E-state index is 13.9. The molecule has 0 radical (unpaired) electrons. The van der Waals surface area contributed by atoms with Gasteiger partial charge in [-0.15, -0.1) is 0 Å². The fourth-order valence-corrected chi connectivity index (χ4v) is 12.3. The molecule has 322 valence electrons. The lowest BCUT2D eigenvalue weighted by atomic mass is 9.31. The number of hydrogen-bond acceptors (Lipinski definition) is 18. The summed E-state index contributed by atoms with van der Waals surface area (Å²) in [5, 5.41) is 25.1. The van der Waals surface area contributed by atoms with E-state index in [-0.39, 0.29) is 12.8 Å². The number of aliphatic hydroxyl groups excluding tert-OH is 1. The number of carbonyl (C=O) groups is 8. The second kappa shape index (κ2) is 15.0. The molecular weight excluding hydrogens is 768 g/mol.